The Morgan fingerprint density at radius 1 is 1.20 bits per heavy atom. The van der Waals surface area contributed by atoms with Crippen molar-refractivity contribution in [1.82, 2.24) is 30.0 Å². The second kappa shape index (κ2) is 8.68. The quantitative estimate of drug-likeness (QED) is 0.730. The lowest BCUT2D eigenvalue weighted by molar-refractivity contribution is -0.130. The van der Waals surface area contributed by atoms with Gasteiger partial charge in [0.2, 0.25) is 5.91 Å². The zero-order valence-electron chi connectivity index (χ0n) is 14.5. The van der Waals surface area contributed by atoms with Gasteiger partial charge in [0.25, 0.3) is 0 Å². The van der Waals surface area contributed by atoms with Gasteiger partial charge in [0.15, 0.2) is 0 Å². The molecule has 25 heavy (non-hydrogen) atoms. The topological polar surface area (TPSA) is 76.4 Å². The lowest BCUT2D eigenvalue weighted by Gasteiger charge is -2.26. The number of hydrogen-bond donors (Lipinski definition) is 0. The summed E-state index contributed by atoms with van der Waals surface area (Å²) in [5.41, 5.74) is 2.42. The Morgan fingerprint density at radius 3 is 2.60 bits per heavy atom. The Hall–Kier alpha value is -2.32. The lowest BCUT2D eigenvalue weighted by Crippen LogP contribution is -2.35. The Bertz CT molecular complexity index is 652. The molecular weight excluding hydrogens is 320 g/mol. The van der Waals surface area contributed by atoms with E-state index < -0.39 is 0 Å². The highest BCUT2D eigenvalue weighted by Crippen LogP contribution is 2.11. The van der Waals surface area contributed by atoms with Gasteiger partial charge in [-0.3, -0.25) is 9.69 Å². The van der Waals surface area contributed by atoms with Crippen LogP contribution >= 0.6 is 0 Å². The molecule has 134 valence electrons. The summed E-state index contributed by atoms with van der Waals surface area (Å²) >= 11 is 0. The van der Waals surface area contributed by atoms with E-state index in [2.05, 4.69) is 44.7 Å². The number of ether oxygens (including phenoxy) is 1. The number of aryl methyl sites for hydroxylation is 1. The van der Waals surface area contributed by atoms with Crippen molar-refractivity contribution in [2.45, 2.75) is 26.1 Å². The number of aromatic nitrogens is 4. The highest BCUT2D eigenvalue weighted by Gasteiger charge is 2.12. The van der Waals surface area contributed by atoms with Crippen molar-refractivity contribution in [3.8, 4) is 0 Å². The van der Waals surface area contributed by atoms with Gasteiger partial charge in [0.1, 0.15) is 6.33 Å². The normalized spacial score (nSPS) is 15.2. The van der Waals surface area contributed by atoms with Gasteiger partial charge in [-0.1, -0.05) is 24.3 Å². The van der Waals surface area contributed by atoms with E-state index in [0.29, 0.717) is 19.5 Å². The molecule has 1 aliphatic heterocycles. The van der Waals surface area contributed by atoms with Crippen LogP contribution in [0.15, 0.2) is 30.6 Å². The van der Waals surface area contributed by atoms with Gasteiger partial charge >= 0.3 is 0 Å². The van der Waals surface area contributed by atoms with Gasteiger partial charge in [-0.15, -0.1) is 5.10 Å². The van der Waals surface area contributed by atoms with E-state index in [0.717, 1.165) is 38.4 Å². The van der Waals surface area contributed by atoms with E-state index >= 15 is 0 Å². The minimum atomic E-state index is 0.0768. The Labute approximate surface area is 147 Å². The van der Waals surface area contributed by atoms with Crippen molar-refractivity contribution in [2.75, 3.05) is 33.4 Å². The van der Waals surface area contributed by atoms with Gasteiger partial charge in [-0.05, 0) is 21.6 Å². The smallest absolute Gasteiger partial charge is 0.224 e. The number of tetrazole rings is 1. The van der Waals surface area contributed by atoms with Crippen LogP contribution in [0.1, 0.15) is 17.5 Å². The molecule has 2 heterocycles. The first-order chi connectivity index (χ1) is 12.2. The van der Waals surface area contributed by atoms with Gasteiger partial charge < -0.3 is 9.64 Å². The fraction of sp³-hybridized carbons (Fsp3) is 0.529. The van der Waals surface area contributed by atoms with E-state index in [1.807, 2.05) is 7.05 Å². The van der Waals surface area contributed by atoms with E-state index in [1.165, 1.54) is 11.9 Å². The van der Waals surface area contributed by atoms with Crippen molar-refractivity contribution < 1.29 is 9.53 Å². The van der Waals surface area contributed by atoms with Crippen molar-refractivity contribution in [3.05, 3.63) is 41.7 Å². The van der Waals surface area contributed by atoms with Crippen molar-refractivity contribution >= 4 is 5.91 Å². The predicted molar refractivity (Wildman–Crippen MR) is 91.4 cm³/mol. The first-order valence-corrected chi connectivity index (χ1v) is 8.53. The fourth-order valence-electron chi connectivity index (χ4n) is 2.81. The third kappa shape index (κ3) is 5.33. The Kier molecular flexibility index (Phi) is 6.08. The van der Waals surface area contributed by atoms with Crippen LogP contribution in [0.25, 0.3) is 0 Å². The van der Waals surface area contributed by atoms with Crippen LogP contribution < -0.4 is 0 Å². The molecule has 0 spiro atoms. The minimum absolute atomic E-state index is 0.0768. The summed E-state index contributed by atoms with van der Waals surface area (Å²) in [6, 6.07) is 8.48. The maximum Gasteiger partial charge on any atom is 0.224 e. The summed E-state index contributed by atoms with van der Waals surface area (Å²) in [6.07, 6.45) is 1.90. The number of hydrogen-bond acceptors (Lipinski definition) is 6. The van der Waals surface area contributed by atoms with Crippen LogP contribution in [0, 0.1) is 0 Å². The maximum atomic E-state index is 12.2. The predicted octanol–water partition coefficient (Wildman–Crippen LogP) is 0.554. The van der Waals surface area contributed by atoms with Crippen LogP contribution in [0.5, 0.6) is 0 Å². The molecule has 1 saturated heterocycles. The fourth-order valence-corrected chi connectivity index (χ4v) is 2.81. The van der Waals surface area contributed by atoms with E-state index in [4.69, 9.17) is 4.74 Å². The standard InChI is InChI=1S/C17H24N6O2/c1-21(17(24)6-7-23-14-18-19-20-23)12-15-2-4-16(5-3-15)13-22-8-10-25-11-9-22/h2-5,14H,6-13H2,1H3. The van der Waals surface area contributed by atoms with E-state index in [-0.39, 0.29) is 5.91 Å². The zero-order valence-corrected chi connectivity index (χ0v) is 14.5. The molecule has 1 aliphatic rings. The molecule has 0 atom stereocenters. The molecule has 1 aromatic heterocycles. The maximum absolute atomic E-state index is 12.2. The molecule has 0 saturated carbocycles. The average Bonchev–Trinajstić information content (AvgIpc) is 3.16. The Morgan fingerprint density at radius 2 is 1.92 bits per heavy atom. The number of rotatable bonds is 7. The molecule has 8 heteroatoms. The highest BCUT2D eigenvalue weighted by atomic mass is 16.5. The monoisotopic (exact) mass is 344 g/mol. The number of nitrogens with zero attached hydrogens (tertiary/aromatic N) is 6. The summed E-state index contributed by atoms with van der Waals surface area (Å²) in [7, 11) is 1.82. The van der Waals surface area contributed by atoms with Crippen LogP contribution in [0.4, 0.5) is 0 Å². The van der Waals surface area contributed by atoms with Gasteiger partial charge in [-0.25, -0.2) is 4.68 Å². The van der Waals surface area contributed by atoms with Crippen molar-refractivity contribution in [3.63, 3.8) is 0 Å². The number of amides is 1. The van der Waals surface area contributed by atoms with Crippen LogP contribution in [0.2, 0.25) is 0 Å². The molecule has 8 nitrogen and oxygen atoms in total. The van der Waals surface area contributed by atoms with Gasteiger partial charge in [-0.2, -0.15) is 0 Å². The molecule has 0 bridgehead atoms. The molecule has 0 aliphatic carbocycles. The van der Waals surface area contributed by atoms with Gasteiger partial charge in [0.05, 0.1) is 19.8 Å². The summed E-state index contributed by atoms with van der Waals surface area (Å²) in [5.74, 6) is 0.0768. The molecule has 1 aromatic carbocycles. The molecule has 0 unspecified atom stereocenters. The average molecular weight is 344 g/mol. The molecule has 0 N–H and O–H groups in total. The molecular formula is C17H24N6O2. The molecule has 2 aromatic rings. The summed E-state index contributed by atoms with van der Waals surface area (Å²) in [6.45, 7) is 5.65. The summed E-state index contributed by atoms with van der Waals surface area (Å²) < 4.78 is 6.94. The lowest BCUT2D eigenvalue weighted by atomic mass is 10.1. The van der Waals surface area contributed by atoms with Crippen molar-refractivity contribution in [1.29, 1.82) is 0 Å². The number of carbonyl (C=O) groups excluding carboxylic acids is 1. The van der Waals surface area contributed by atoms with Crippen molar-refractivity contribution in [2.24, 2.45) is 0 Å². The highest BCUT2D eigenvalue weighted by molar-refractivity contribution is 5.75. The Balaban J connectivity index is 1.45. The molecule has 1 fully saturated rings. The minimum Gasteiger partial charge on any atom is -0.379 e. The number of carbonyl (C=O) groups is 1. The number of morpholine rings is 1. The molecule has 3 rings (SSSR count). The summed E-state index contributed by atoms with van der Waals surface area (Å²) in [4.78, 5) is 16.3. The van der Waals surface area contributed by atoms with E-state index in [9.17, 15) is 4.79 Å². The van der Waals surface area contributed by atoms with Crippen LogP contribution in [-0.2, 0) is 29.2 Å². The second-order valence-corrected chi connectivity index (χ2v) is 6.28. The summed E-state index contributed by atoms with van der Waals surface area (Å²) in [5, 5.41) is 10.9. The van der Waals surface area contributed by atoms with Crippen LogP contribution in [0.3, 0.4) is 0 Å². The zero-order chi connectivity index (χ0) is 17.5. The molecule has 0 radical (unpaired) electrons. The van der Waals surface area contributed by atoms with Crippen LogP contribution in [-0.4, -0.2) is 69.3 Å². The third-order valence-electron chi connectivity index (χ3n) is 4.32. The van der Waals surface area contributed by atoms with E-state index in [1.54, 1.807) is 9.58 Å². The van der Waals surface area contributed by atoms with Gasteiger partial charge in [0, 0.05) is 39.6 Å². The SMILES string of the molecule is CN(Cc1ccc(CN2CCOCC2)cc1)C(=O)CCn1cnnn1. The largest absolute Gasteiger partial charge is 0.379 e. The first kappa shape index (κ1) is 17.5. The third-order valence-corrected chi connectivity index (χ3v) is 4.32. The number of benzene rings is 1. The molecule has 1 amide bonds. The second-order valence-electron chi connectivity index (χ2n) is 6.28. The first-order valence-electron chi connectivity index (χ1n) is 8.53.